The van der Waals surface area contributed by atoms with E-state index in [1.807, 2.05) is 6.07 Å². The molecule has 0 spiro atoms. The first-order chi connectivity index (χ1) is 9.51. The first-order valence-corrected chi connectivity index (χ1v) is 7.12. The summed E-state index contributed by atoms with van der Waals surface area (Å²) in [5, 5.41) is 3.33. The van der Waals surface area contributed by atoms with Crippen LogP contribution >= 0.6 is 0 Å². The number of alkyl halides is 2. The van der Waals surface area contributed by atoms with Gasteiger partial charge >= 0.3 is 0 Å². The summed E-state index contributed by atoms with van der Waals surface area (Å²) < 4.78 is 29.4. The van der Waals surface area contributed by atoms with Gasteiger partial charge in [0.05, 0.1) is 0 Å². The van der Waals surface area contributed by atoms with E-state index < -0.39 is 13.0 Å². The Labute approximate surface area is 119 Å². The fraction of sp³-hybridized carbons (Fsp3) is 0.667. The van der Waals surface area contributed by atoms with Gasteiger partial charge in [-0.3, -0.25) is 0 Å². The molecule has 1 aromatic rings. The van der Waals surface area contributed by atoms with Gasteiger partial charge in [-0.25, -0.2) is 13.8 Å². The third-order valence-electron chi connectivity index (χ3n) is 2.66. The van der Waals surface area contributed by atoms with Crippen LogP contribution in [0.5, 0.6) is 5.88 Å². The zero-order valence-electron chi connectivity index (χ0n) is 12.5. The Morgan fingerprint density at radius 1 is 1.30 bits per heavy atom. The molecule has 1 heterocycles. The van der Waals surface area contributed by atoms with Crippen molar-refractivity contribution in [2.45, 2.75) is 46.6 Å². The quantitative estimate of drug-likeness (QED) is 0.755. The number of rotatable bonds is 9. The van der Waals surface area contributed by atoms with Crippen molar-refractivity contribution in [2.24, 2.45) is 5.92 Å². The standard InChI is InChI=1S/C15H24F2N2O/c1-4-5-13-6-12(9-18-8-11(2)3)7-15(19-13)20-10-14(16)17/h6-7,11,14,18H,4-5,8-10H2,1-3H3. The van der Waals surface area contributed by atoms with Crippen LogP contribution in [-0.2, 0) is 13.0 Å². The molecule has 0 unspecified atom stereocenters. The average Bonchev–Trinajstić information content (AvgIpc) is 2.36. The van der Waals surface area contributed by atoms with Crippen molar-refractivity contribution in [3.8, 4) is 5.88 Å². The second-order valence-electron chi connectivity index (χ2n) is 5.28. The van der Waals surface area contributed by atoms with Crippen molar-refractivity contribution in [3.05, 3.63) is 23.4 Å². The number of aryl methyl sites for hydroxylation is 1. The molecule has 0 saturated carbocycles. The van der Waals surface area contributed by atoms with E-state index in [1.54, 1.807) is 6.07 Å². The van der Waals surface area contributed by atoms with Gasteiger partial charge in [-0.2, -0.15) is 0 Å². The predicted octanol–water partition coefficient (Wildman–Crippen LogP) is 3.42. The van der Waals surface area contributed by atoms with E-state index in [-0.39, 0.29) is 5.88 Å². The van der Waals surface area contributed by atoms with Crippen LogP contribution in [0.15, 0.2) is 12.1 Å². The molecule has 20 heavy (non-hydrogen) atoms. The molecule has 0 saturated heterocycles. The predicted molar refractivity (Wildman–Crippen MR) is 76.3 cm³/mol. The Balaban J connectivity index is 2.70. The van der Waals surface area contributed by atoms with Crippen LogP contribution in [0.2, 0.25) is 0 Å². The molecule has 114 valence electrons. The highest BCUT2D eigenvalue weighted by Gasteiger charge is 2.08. The Bertz CT molecular complexity index is 397. The smallest absolute Gasteiger partial charge is 0.272 e. The number of ether oxygens (including phenoxy) is 1. The Hall–Kier alpha value is -1.23. The molecule has 1 rings (SSSR count). The molecule has 0 aliphatic heterocycles. The molecule has 1 aromatic heterocycles. The van der Waals surface area contributed by atoms with Crippen molar-refractivity contribution >= 4 is 0 Å². The van der Waals surface area contributed by atoms with Gasteiger partial charge in [-0.15, -0.1) is 0 Å². The van der Waals surface area contributed by atoms with Crippen molar-refractivity contribution in [3.63, 3.8) is 0 Å². The fourth-order valence-electron chi connectivity index (χ4n) is 1.83. The molecule has 0 atom stereocenters. The average molecular weight is 286 g/mol. The van der Waals surface area contributed by atoms with Gasteiger partial charge in [-0.05, 0) is 30.5 Å². The van der Waals surface area contributed by atoms with Gasteiger partial charge in [0.2, 0.25) is 5.88 Å². The van der Waals surface area contributed by atoms with Gasteiger partial charge < -0.3 is 10.1 Å². The summed E-state index contributed by atoms with van der Waals surface area (Å²) in [6, 6.07) is 3.74. The molecule has 0 aliphatic rings. The number of halogens is 2. The van der Waals surface area contributed by atoms with Crippen LogP contribution in [0.3, 0.4) is 0 Å². The number of hydrogen-bond acceptors (Lipinski definition) is 3. The molecule has 0 fully saturated rings. The SMILES string of the molecule is CCCc1cc(CNCC(C)C)cc(OCC(F)F)n1. The van der Waals surface area contributed by atoms with Crippen molar-refractivity contribution in [1.29, 1.82) is 0 Å². The lowest BCUT2D eigenvalue weighted by molar-refractivity contribution is 0.0794. The van der Waals surface area contributed by atoms with Crippen molar-refractivity contribution < 1.29 is 13.5 Å². The van der Waals surface area contributed by atoms with E-state index in [0.717, 1.165) is 30.6 Å². The van der Waals surface area contributed by atoms with Gasteiger partial charge in [0.1, 0.15) is 0 Å². The first kappa shape index (κ1) is 16.8. The lowest BCUT2D eigenvalue weighted by Crippen LogP contribution is -2.19. The Morgan fingerprint density at radius 2 is 2.05 bits per heavy atom. The largest absolute Gasteiger partial charge is 0.472 e. The topological polar surface area (TPSA) is 34.1 Å². The summed E-state index contributed by atoms with van der Waals surface area (Å²) in [6.45, 7) is 7.34. The highest BCUT2D eigenvalue weighted by molar-refractivity contribution is 5.25. The number of nitrogens with one attached hydrogen (secondary N) is 1. The maximum atomic E-state index is 12.2. The van der Waals surface area contributed by atoms with E-state index in [0.29, 0.717) is 12.5 Å². The lowest BCUT2D eigenvalue weighted by atomic mass is 10.1. The summed E-state index contributed by atoms with van der Waals surface area (Å²) in [6.07, 6.45) is -0.693. The molecule has 0 bridgehead atoms. The monoisotopic (exact) mass is 286 g/mol. The molecular formula is C15H24F2N2O. The first-order valence-electron chi connectivity index (χ1n) is 7.12. The number of pyridine rings is 1. The maximum Gasteiger partial charge on any atom is 0.272 e. The van der Waals surface area contributed by atoms with Gasteiger partial charge in [0.25, 0.3) is 6.43 Å². The molecule has 5 heteroatoms. The van der Waals surface area contributed by atoms with Crippen LogP contribution in [-0.4, -0.2) is 24.6 Å². The molecule has 0 aliphatic carbocycles. The van der Waals surface area contributed by atoms with Crippen LogP contribution < -0.4 is 10.1 Å². The fourth-order valence-corrected chi connectivity index (χ4v) is 1.83. The molecule has 0 aromatic carbocycles. The molecular weight excluding hydrogens is 262 g/mol. The zero-order valence-corrected chi connectivity index (χ0v) is 12.5. The van der Waals surface area contributed by atoms with E-state index in [4.69, 9.17) is 4.74 Å². The highest BCUT2D eigenvalue weighted by atomic mass is 19.3. The Morgan fingerprint density at radius 3 is 2.65 bits per heavy atom. The third kappa shape index (κ3) is 6.80. The molecule has 3 nitrogen and oxygen atoms in total. The lowest BCUT2D eigenvalue weighted by Gasteiger charge is -2.11. The van der Waals surface area contributed by atoms with Gasteiger partial charge in [0, 0.05) is 18.3 Å². The van der Waals surface area contributed by atoms with Crippen molar-refractivity contribution in [1.82, 2.24) is 10.3 Å². The number of nitrogens with zero attached hydrogens (tertiary/aromatic N) is 1. The van der Waals surface area contributed by atoms with E-state index in [1.165, 1.54) is 0 Å². The Kier molecular flexibility index (Phi) is 7.44. The van der Waals surface area contributed by atoms with Crippen LogP contribution in [0, 0.1) is 5.92 Å². The van der Waals surface area contributed by atoms with Crippen LogP contribution in [0.25, 0.3) is 0 Å². The van der Waals surface area contributed by atoms with E-state index in [2.05, 4.69) is 31.1 Å². The molecule has 0 amide bonds. The summed E-state index contributed by atoms with van der Waals surface area (Å²) in [4.78, 5) is 4.25. The second kappa shape index (κ2) is 8.84. The summed E-state index contributed by atoms with van der Waals surface area (Å²) >= 11 is 0. The summed E-state index contributed by atoms with van der Waals surface area (Å²) in [7, 11) is 0. The third-order valence-corrected chi connectivity index (χ3v) is 2.66. The second-order valence-corrected chi connectivity index (χ2v) is 5.28. The van der Waals surface area contributed by atoms with E-state index >= 15 is 0 Å². The minimum atomic E-state index is -2.48. The van der Waals surface area contributed by atoms with Gasteiger partial charge in [-0.1, -0.05) is 27.2 Å². The number of hydrogen-bond donors (Lipinski definition) is 1. The minimum absolute atomic E-state index is 0.289. The van der Waals surface area contributed by atoms with Crippen molar-refractivity contribution in [2.75, 3.05) is 13.2 Å². The summed E-state index contributed by atoms with van der Waals surface area (Å²) in [5.74, 6) is 0.860. The summed E-state index contributed by atoms with van der Waals surface area (Å²) in [5.41, 5.74) is 1.91. The van der Waals surface area contributed by atoms with E-state index in [9.17, 15) is 8.78 Å². The highest BCUT2D eigenvalue weighted by Crippen LogP contribution is 2.15. The molecule has 0 radical (unpaired) electrons. The zero-order chi connectivity index (χ0) is 15.0. The van der Waals surface area contributed by atoms with Crippen LogP contribution in [0.1, 0.15) is 38.4 Å². The number of aromatic nitrogens is 1. The normalized spacial score (nSPS) is 11.3. The van der Waals surface area contributed by atoms with Gasteiger partial charge in [0.15, 0.2) is 6.61 Å². The molecule has 1 N–H and O–H groups in total. The minimum Gasteiger partial charge on any atom is -0.472 e. The maximum absolute atomic E-state index is 12.2. The van der Waals surface area contributed by atoms with Crippen LogP contribution in [0.4, 0.5) is 8.78 Å².